The molecule has 0 atom stereocenters. The summed E-state index contributed by atoms with van der Waals surface area (Å²) in [5, 5.41) is 9.99. The normalized spacial score (nSPS) is 13.1. The van der Waals surface area contributed by atoms with Gasteiger partial charge >= 0.3 is 5.97 Å². The van der Waals surface area contributed by atoms with Crippen molar-refractivity contribution in [1.82, 2.24) is 9.47 Å². The van der Waals surface area contributed by atoms with E-state index in [0.717, 1.165) is 78.4 Å². The number of carboxylic acids is 1. The van der Waals surface area contributed by atoms with Crippen molar-refractivity contribution in [3.8, 4) is 11.5 Å². The molecule has 1 fully saturated rings. The maximum atomic E-state index is 14.1. The fourth-order valence-electron chi connectivity index (χ4n) is 6.86. The topological polar surface area (TPSA) is 87.5 Å². The van der Waals surface area contributed by atoms with Crippen LogP contribution in [0, 0.1) is 6.92 Å². The number of para-hydroxylation sites is 4. The number of carboxylic acid groups (broad SMARTS) is 1. The van der Waals surface area contributed by atoms with Gasteiger partial charge in [0.05, 0.1) is 25.1 Å². The van der Waals surface area contributed by atoms with Gasteiger partial charge in [-0.2, -0.15) is 0 Å². The Morgan fingerprint density at radius 1 is 0.824 bits per heavy atom. The molecule has 4 aromatic carbocycles. The second kappa shape index (κ2) is 17.3. The molecule has 0 aliphatic carbocycles. The number of ketones is 1. The number of aliphatic carboxylic acids is 1. The van der Waals surface area contributed by atoms with E-state index < -0.39 is 5.97 Å². The smallest absolute Gasteiger partial charge is 0.303 e. The van der Waals surface area contributed by atoms with E-state index >= 15 is 0 Å². The van der Waals surface area contributed by atoms with Gasteiger partial charge in [-0.05, 0) is 67.8 Å². The number of fused-ring (bicyclic) bond motifs is 1. The van der Waals surface area contributed by atoms with Crippen molar-refractivity contribution in [2.45, 2.75) is 32.7 Å². The van der Waals surface area contributed by atoms with Gasteiger partial charge < -0.3 is 28.9 Å². The summed E-state index contributed by atoms with van der Waals surface area (Å²) >= 11 is 0. The van der Waals surface area contributed by atoms with Crippen LogP contribution in [0.3, 0.4) is 0 Å². The van der Waals surface area contributed by atoms with Crippen LogP contribution in [0.2, 0.25) is 0 Å². The number of rotatable bonds is 15. The summed E-state index contributed by atoms with van der Waals surface area (Å²) in [6.45, 7) is 7.85. The number of aromatic nitrogens is 1. The molecule has 1 N–H and O–H groups in total. The number of nitrogens with zero attached hydrogens (tertiary/aromatic N) is 4. The van der Waals surface area contributed by atoms with Crippen molar-refractivity contribution in [3.63, 3.8) is 0 Å². The molecule has 0 saturated carbocycles. The van der Waals surface area contributed by atoms with E-state index in [1.165, 1.54) is 0 Å². The Morgan fingerprint density at radius 2 is 1.55 bits per heavy atom. The lowest BCUT2D eigenvalue weighted by Crippen LogP contribution is -2.46. The van der Waals surface area contributed by atoms with Crippen molar-refractivity contribution >= 4 is 52.1 Å². The molecule has 0 unspecified atom stereocenters. The van der Waals surface area contributed by atoms with Gasteiger partial charge in [-0.15, -0.1) is 12.4 Å². The Kier molecular flexibility index (Phi) is 12.6. The lowest BCUT2D eigenvalue weighted by molar-refractivity contribution is -0.137. The molecular weight excluding hydrogens is 664 g/mol. The molecule has 1 aliphatic rings. The first-order valence-electron chi connectivity index (χ1n) is 17.3. The minimum atomic E-state index is -0.826. The number of ether oxygens (including phenoxy) is 2. The van der Waals surface area contributed by atoms with Crippen molar-refractivity contribution in [1.29, 1.82) is 0 Å². The van der Waals surface area contributed by atoms with Crippen LogP contribution in [0.1, 0.15) is 40.7 Å². The number of hydrogen-bond donors (Lipinski definition) is 1. The first kappa shape index (κ1) is 37.3. The quantitative estimate of drug-likeness (QED) is 0.0869. The average molecular weight is 711 g/mol. The van der Waals surface area contributed by atoms with Crippen molar-refractivity contribution in [3.05, 3.63) is 114 Å². The van der Waals surface area contributed by atoms with Crippen LogP contribution in [0.25, 0.3) is 10.9 Å². The minimum absolute atomic E-state index is 0. The first-order valence-corrected chi connectivity index (χ1v) is 17.3. The summed E-state index contributed by atoms with van der Waals surface area (Å²) in [5.41, 5.74) is 6.28. The summed E-state index contributed by atoms with van der Waals surface area (Å²) in [6.07, 6.45) is 3.27. The molecule has 6 rings (SSSR count). The Bertz CT molecular complexity index is 1950. The third-order valence-corrected chi connectivity index (χ3v) is 9.56. The van der Waals surface area contributed by atoms with Crippen molar-refractivity contribution < 1.29 is 24.2 Å². The molecule has 2 heterocycles. The number of carbonyl (C=O) groups is 2. The fourth-order valence-corrected chi connectivity index (χ4v) is 6.86. The number of benzene rings is 4. The molecule has 0 radical (unpaired) electrons. The van der Waals surface area contributed by atoms with Crippen molar-refractivity contribution in [2.75, 3.05) is 63.3 Å². The number of halogens is 1. The predicted molar refractivity (Wildman–Crippen MR) is 207 cm³/mol. The van der Waals surface area contributed by atoms with E-state index in [0.29, 0.717) is 36.4 Å². The third kappa shape index (κ3) is 8.67. The van der Waals surface area contributed by atoms with E-state index in [9.17, 15) is 9.59 Å². The number of aryl methyl sites for hydroxylation is 2. The van der Waals surface area contributed by atoms with Crippen LogP contribution in [-0.2, 0) is 11.3 Å². The second-order valence-electron chi connectivity index (χ2n) is 12.8. The second-order valence-corrected chi connectivity index (χ2v) is 12.8. The summed E-state index contributed by atoms with van der Waals surface area (Å²) in [7, 11) is 3.74. The number of piperazine rings is 1. The summed E-state index contributed by atoms with van der Waals surface area (Å²) < 4.78 is 14.1. The Balaban J connectivity index is 0.00000504. The van der Waals surface area contributed by atoms with Gasteiger partial charge in [0.1, 0.15) is 11.5 Å². The number of carbonyl (C=O) groups excluding carboxylic acids is 1. The largest absolute Gasteiger partial charge is 0.495 e. The van der Waals surface area contributed by atoms with Gasteiger partial charge in [0.15, 0.2) is 5.78 Å². The molecule has 5 aromatic rings. The standard InChI is InChI=1S/C41H46N4O5.ClH/c1-30-12-4-6-14-34(30)42(2)36-20-19-31(41(48)33-29-45(22-10-18-40(46)47)35-15-7-5-13-32(33)35)28-39(36)50-27-11-21-43-23-25-44(26-24-43)37-16-8-9-17-38(37)49-3;/h4-9,12-17,19-20,28-29H,10-11,18,21-27H2,1-3H3,(H,46,47);1H. The van der Waals surface area contributed by atoms with Crippen LogP contribution in [0.4, 0.5) is 17.1 Å². The van der Waals surface area contributed by atoms with Gasteiger partial charge in [-0.1, -0.05) is 48.5 Å². The highest BCUT2D eigenvalue weighted by molar-refractivity contribution is 6.16. The highest BCUT2D eigenvalue weighted by atomic mass is 35.5. The van der Waals surface area contributed by atoms with Crippen LogP contribution < -0.4 is 19.3 Å². The highest BCUT2D eigenvalue weighted by Crippen LogP contribution is 2.36. The van der Waals surface area contributed by atoms with Gasteiger partial charge in [-0.25, -0.2) is 0 Å². The molecule has 268 valence electrons. The van der Waals surface area contributed by atoms with Crippen LogP contribution in [0.15, 0.2) is 97.2 Å². The maximum absolute atomic E-state index is 14.1. The van der Waals surface area contributed by atoms with E-state index in [1.54, 1.807) is 7.11 Å². The molecule has 0 spiro atoms. The maximum Gasteiger partial charge on any atom is 0.303 e. The molecule has 1 aromatic heterocycles. The van der Waals surface area contributed by atoms with E-state index in [4.69, 9.17) is 14.6 Å². The van der Waals surface area contributed by atoms with Gasteiger partial charge in [0, 0.05) is 86.7 Å². The average Bonchev–Trinajstić information content (AvgIpc) is 3.51. The van der Waals surface area contributed by atoms with Crippen LogP contribution in [0.5, 0.6) is 11.5 Å². The zero-order valence-electron chi connectivity index (χ0n) is 29.6. The third-order valence-electron chi connectivity index (χ3n) is 9.56. The zero-order valence-corrected chi connectivity index (χ0v) is 30.4. The first-order chi connectivity index (χ1) is 24.3. The van der Waals surface area contributed by atoms with Crippen LogP contribution >= 0.6 is 12.4 Å². The number of methoxy groups -OCH3 is 1. The lowest BCUT2D eigenvalue weighted by Gasteiger charge is -2.36. The SMILES string of the molecule is COc1ccccc1N1CCN(CCCOc2cc(C(=O)c3cn(CCCC(=O)O)c4ccccc34)ccc2N(C)c2ccccc2C)CC1.Cl. The molecule has 9 nitrogen and oxygen atoms in total. The zero-order chi connectivity index (χ0) is 35.0. The van der Waals surface area contributed by atoms with Crippen molar-refractivity contribution in [2.24, 2.45) is 0 Å². The van der Waals surface area contributed by atoms with E-state index in [1.807, 2.05) is 84.5 Å². The Morgan fingerprint density at radius 3 is 2.31 bits per heavy atom. The van der Waals surface area contributed by atoms with Crippen LogP contribution in [-0.4, -0.2) is 79.8 Å². The Labute approximate surface area is 306 Å². The van der Waals surface area contributed by atoms with Gasteiger partial charge in [0.25, 0.3) is 0 Å². The molecular formula is C41H47ClN4O5. The van der Waals surface area contributed by atoms with E-state index in [2.05, 4.69) is 45.9 Å². The van der Waals surface area contributed by atoms with E-state index in [-0.39, 0.29) is 24.6 Å². The number of anilines is 3. The molecule has 1 aliphatic heterocycles. The minimum Gasteiger partial charge on any atom is -0.495 e. The molecule has 10 heteroatoms. The molecule has 1 saturated heterocycles. The predicted octanol–water partition coefficient (Wildman–Crippen LogP) is 7.83. The molecule has 0 bridgehead atoms. The lowest BCUT2D eigenvalue weighted by atomic mass is 10.0. The fraction of sp³-hybridized carbons (Fsp3) is 0.317. The summed E-state index contributed by atoms with van der Waals surface area (Å²) in [5.74, 6) is 0.643. The highest BCUT2D eigenvalue weighted by Gasteiger charge is 2.22. The summed E-state index contributed by atoms with van der Waals surface area (Å²) in [6, 6.07) is 29.9. The monoisotopic (exact) mass is 710 g/mol. The Hall–Kier alpha value is -4.99. The molecule has 51 heavy (non-hydrogen) atoms. The van der Waals surface area contributed by atoms with Gasteiger partial charge in [-0.3, -0.25) is 14.5 Å². The summed E-state index contributed by atoms with van der Waals surface area (Å²) in [4.78, 5) is 32.2. The van der Waals surface area contributed by atoms with Gasteiger partial charge in [0.2, 0.25) is 0 Å². The molecule has 0 amide bonds. The number of hydrogen-bond acceptors (Lipinski definition) is 7.